The molecule has 0 aliphatic carbocycles. The van der Waals surface area contributed by atoms with Crippen LogP contribution in [0.2, 0.25) is 0 Å². The Bertz CT molecular complexity index is 643. The summed E-state index contributed by atoms with van der Waals surface area (Å²) in [6.07, 6.45) is 7.19. The summed E-state index contributed by atoms with van der Waals surface area (Å²) < 4.78 is 5.46. The van der Waals surface area contributed by atoms with E-state index in [2.05, 4.69) is 4.98 Å². The lowest BCUT2D eigenvalue weighted by molar-refractivity contribution is 0.0736. The van der Waals surface area contributed by atoms with Crippen molar-refractivity contribution in [2.75, 3.05) is 18.8 Å². The number of nitrogens with two attached hydrogens (primary N) is 1. The van der Waals surface area contributed by atoms with Crippen LogP contribution in [0.4, 0.5) is 5.69 Å². The molecule has 1 aromatic heterocycles. The Morgan fingerprint density at radius 2 is 1.77 bits per heavy atom. The van der Waals surface area contributed by atoms with E-state index in [0.717, 1.165) is 25.9 Å². The molecule has 1 amide bonds. The van der Waals surface area contributed by atoms with Gasteiger partial charge in [-0.25, -0.2) is 4.98 Å². The van der Waals surface area contributed by atoms with Crippen molar-refractivity contribution in [3.63, 3.8) is 0 Å². The molecule has 1 aliphatic rings. The number of para-hydroxylation sites is 1. The molecule has 0 spiro atoms. The monoisotopic (exact) mass is 299 g/mol. The predicted molar refractivity (Wildman–Crippen MR) is 85.3 cm³/mol. The maximum Gasteiger partial charge on any atom is 0.275 e. The highest BCUT2D eigenvalue weighted by Crippen LogP contribution is 2.25. The average molecular weight is 299 g/mol. The van der Waals surface area contributed by atoms with Crippen LogP contribution in [0, 0.1) is 0 Å². The van der Waals surface area contributed by atoms with Crippen molar-refractivity contribution in [3.8, 4) is 11.5 Å². The van der Waals surface area contributed by atoms with E-state index >= 15 is 0 Å². The maximum absolute atomic E-state index is 12.6. The van der Waals surface area contributed by atoms with Crippen LogP contribution in [0.15, 0.2) is 34.9 Å². The first-order valence-corrected chi connectivity index (χ1v) is 7.85. The van der Waals surface area contributed by atoms with Crippen LogP contribution in [-0.4, -0.2) is 28.9 Å². The second-order valence-corrected chi connectivity index (χ2v) is 5.69. The van der Waals surface area contributed by atoms with Gasteiger partial charge >= 0.3 is 0 Å². The molecule has 116 valence electrons. The number of hydrogen-bond acceptors (Lipinski definition) is 4. The lowest BCUT2D eigenvalue weighted by Crippen LogP contribution is -2.34. The van der Waals surface area contributed by atoms with Crippen LogP contribution >= 0.6 is 0 Å². The molecule has 2 heterocycles. The summed E-state index contributed by atoms with van der Waals surface area (Å²) in [6, 6.07) is 7.36. The van der Waals surface area contributed by atoms with Gasteiger partial charge in [-0.2, -0.15) is 0 Å². The third kappa shape index (κ3) is 3.13. The van der Waals surface area contributed by atoms with Crippen LogP contribution in [-0.2, 0) is 0 Å². The van der Waals surface area contributed by atoms with E-state index < -0.39 is 0 Å². The van der Waals surface area contributed by atoms with Gasteiger partial charge in [-0.05, 0) is 25.0 Å². The lowest BCUT2D eigenvalue weighted by atomic mass is 10.1. The molecule has 0 saturated carbocycles. The van der Waals surface area contributed by atoms with Gasteiger partial charge in [0.15, 0.2) is 5.69 Å². The van der Waals surface area contributed by atoms with E-state index in [1.54, 1.807) is 6.07 Å². The van der Waals surface area contributed by atoms with Crippen molar-refractivity contribution >= 4 is 11.6 Å². The Labute approximate surface area is 130 Å². The number of nitrogen functional groups attached to an aromatic ring is 1. The molecule has 0 bridgehead atoms. The third-order valence-corrected chi connectivity index (χ3v) is 4.06. The van der Waals surface area contributed by atoms with Crippen molar-refractivity contribution in [2.45, 2.75) is 32.1 Å². The van der Waals surface area contributed by atoms with Crippen LogP contribution in [0.25, 0.3) is 11.5 Å². The zero-order valence-electron chi connectivity index (χ0n) is 12.6. The first-order chi connectivity index (χ1) is 10.8. The molecule has 5 nitrogen and oxygen atoms in total. The molecule has 2 aromatic rings. The summed E-state index contributed by atoms with van der Waals surface area (Å²) in [5.41, 5.74) is 7.59. The first-order valence-electron chi connectivity index (χ1n) is 7.85. The van der Waals surface area contributed by atoms with Crippen molar-refractivity contribution in [1.82, 2.24) is 9.88 Å². The van der Waals surface area contributed by atoms with Gasteiger partial charge in [-0.3, -0.25) is 4.79 Å². The Morgan fingerprint density at radius 1 is 1.09 bits per heavy atom. The molecule has 1 fully saturated rings. The zero-order chi connectivity index (χ0) is 15.4. The highest BCUT2D eigenvalue weighted by molar-refractivity contribution is 5.92. The summed E-state index contributed by atoms with van der Waals surface area (Å²) in [6.45, 7) is 1.60. The molecular formula is C17H21N3O2. The van der Waals surface area contributed by atoms with Crippen molar-refractivity contribution in [3.05, 3.63) is 36.2 Å². The molecule has 0 radical (unpaired) electrons. The average Bonchev–Trinajstić information content (AvgIpc) is 2.96. The fourth-order valence-corrected chi connectivity index (χ4v) is 2.80. The molecule has 1 saturated heterocycles. The number of oxazole rings is 1. The van der Waals surface area contributed by atoms with Crippen molar-refractivity contribution < 1.29 is 9.21 Å². The van der Waals surface area contributed by atoms with E-state index in [1.165, 1.54) is 25.5 Å². The molecule has 5 heteroatoms. The highest BCUT2D eigenvalue weighted by atomic mass is 16.3. The first kappa shape index (κ1) is 14.6. The van der Waals surface area contributed by atoms with Gasteiger partial charge in [-0.1, -0.05) is 31.4 Å². The summed E-state index contributed by atoms with van der Waals surface area (Å²) in [5, 5.41) is 0. The zero-order valence-corrected chi connectivity index (χ0v) is 12.6. The fraction of sp³-hybridized carbons (Fsp3) is 0.412. The van der Waals surface area contributed by atoms with Gasteiger partial charge < -0.3 is 15.1 Å². The number of carbonyl (C=O) groups excluding carboxylic acids is 1. The van der Waals surface area contributed by atoms with E-state index in [4.69, 9.17) is 10.2 Å². The molecule has 1 aliphatic heterocycles. The van der Waals surface area contributed by atoms with Crippen molar-refractivity contribution in [1.29, 1.82) is 0 Å². The van der Waals surface area contributed by atoms with E-state index in [1.807, 2.05) is 23.1 Å². The molecule has 22 heavy (non-hydrogen) atoms. The topological polar surface area (TPSA) is 72.4 Å². The van der Waals surface area contributed by atoms with Gasteiger partial charge in [0.2, 0.25) is 5.89 Å². The third-order valence-electron chi connectivity index (χ3n) is 4.06. The quantitative estimate of drug-likeness (QED) is 0.863. The van der Waals surface area contributed by atoms with Gasteiger partial charge in [0, 0.05) is 18.8 Å². The lowest BCUT2D eigenvalue weighted by Gasteiger charge is -2.23. The largest absolute Gasteiger partial charge is 0.444 e. The number of likely N-dealkylation sites (tertiary alicyclic amines) is 1. The summed E-state index contributed by atoms with van der Waals surface area (Å²) in [7, 11) is 0. The number of anilines is 1. The van der Waals surface area contributed by atoms with Crippen molar-refractivity contribution in [2.24, 2.45) is 0 Å². The normalized spacial score (nSPS) is 16.1. The molecule has 2 N–H and O–H groups in total. The van der Waals surface area contributed by atoms with Crippen LogP contribution in [0.3, 0.4) is 0 Å². The molecule has 0 unspecified atom stereocenters. The minimum Gasteiger partial charge on any atom is -0.444 e. The second kappa shape index (κ2) is 6.64. The molecular weight excluding hydrogens is 278 g/mol. The van der Waals surface area contributed by atoms with Gasteiger partial charge in [0.25, 0.3) is 5.91 Å². The summed E-state index contributed by atoms with van der Waals surface area (Å²) >= 11 is 0. The summed E-state index contributed by atoms with van der Waals surface area (Å²) in [5.74, 6) is 0.347. The molecule has 0 atom stereocenters. The number of nitrogens with zero attached hydrogens (tertiary/aromatic N) is 2. The molecule has 1 aromatic carbocycles. The van der Waals surface area contributed by atoms with Gasteiger partial charge in [0.1, 0.15) is 6.26 Å². The Hall–Kier alpha value is -2.30. The minimum atomic E-state index is -0.0496. The number of aromatic nitrogens is 1. The maximum atomic E-state index is 12.6. The number of benzene rings is 1. The number of amides is 1. The smallest absolute Gasteiger partial charge is 0.275 e. The number of carbonyl (C=O) groups is 1. The van der Waals surface area contributed by atoms with E-state index in [-0.39, 0.29) is 5.91 Å². The molecule has 3 rings (SSSR count). The number of rotatable bonds is 2. The number of hydrogen-bond donors (Lipinski definition) is 1. The predicted octanol–water partition coefficient (Wildman–Crippen LogP) is 3.33. The van der Waals surface area contributed by atoms with Crippen LogP contribution < -0.4 is 5.73 Å². The van der Waals surface area contributed by atoms with Gasteiger partial charge in [-0.15, -0.1) is 0 Å². The van der Waals surface area contributed by atoms with Crippen LogP contribution in [0.5, 0.6) is 0 Å². The summed E-state index contributed by atoms with van der Waals surface area (Å²) in [4.78, 5) is 18.8. The van der Waals surface area contributed by atoms with Gasteiger partial charge in [0.05, 0.1) is 5.56 Å². The Morgan fingerprint density at radius 3 is 2.50 bits per heavy atom. The Kier molecular flexibility index (Phi) is 4.42. The fourth-order valence-electron chi connectivity index (χ4n) is 2.80. The Balaban J connectivity index is 1.78. The standard InChI is InChI=1S/C17H21N3O2/c18-14-9-5-4-8-13(14)16-19-15(12-22-16)17(21)20-10-6-2-1-3-7-11-20/h4-5,8-9,12H,1-3,6-7,10-11,18H2. The highest BCUT2D eigenvalue weighted by Gasteiger charge is 2.21. The minimum absolute atomic E-state index is 0.0496. The SMILES string of the molecule is Nc1ccccc1-c1nc(C(=O)N2CCCCCCC2)co1. The second-order valence-electron chi connectivity index (χ2n) is 5.69. The van der Waals surface area contributed by atoms with Crippen LogP contribution in [0.1, 0.15) is 42.6 Å². The van der Waals surface area contributed by atoms with E-state index in [9.17, 15) is 4.79 Å². The van der Waals surface area contributed by atoms with E-state index in [0.29, 0.717) is 22.8 Å².